The third-order valence-electron chi connectivity index (χ3n) is 1.30. The highest BCUT2D eigenvalue weighted by Gasteiger charge is 2.02. The molecular formula is C9H18N4O6. The second-order valence-corrected chi connectivity index (χ2v) is 2.45. The minimum Gasteiger partial charge on any atom is -0.359 e. The Bertz CT molecular complexity index is 277. The number of rotatable bonds is 5. The van der Waals surface area contributed by atoms with Crippen LogP contribution in [0.4, 0.5) is 0 Å². The molecule has 110 valence electrons. The third-order valence-corrected chi connectivity index (χ3v) is 1.30. The van der Waals surface area contributed by atoms with Crippen LogP contribution in [0.25, 0.3) is 0 Å². The number of hydrogen-bond donors (Lipinski definition) is 5. The average Bonchev–Trinajstić information content (AvgIpc) is 2.45. The summed E-state index contributed by atoms with van der Waals surface area (Å²) in [5, 5.41) is 22.4. The van der Waals surface area contributed by atoms with E-state index >= 15 is 0 Å². The summed E-state index contributed by atoms with van der Waals surface area (Å²) in [6.45, 7) is 3.64. The molecule has 0 atom stereocenters. The predicted octanol–water partition coefficient (Wildman–Crippen LogP) is 0.401. The maximum atomic E-state index is 10.5. The molecule has 0 aromatic rings. The maximum Gasteiger partial charge on any atom is 0.243 e. The van der Waals surface area contributed by atoms with Crippen LogP contribution < -0.4 is 10.8 Å². The zero-order chi connectivity index (χ0) is 15.5. The van der Waals surface area contributed by atoms with Crippen molar-refractivity contribution in [2.75, 3.05) is 7.05 Å². The van der Waals surface area contributed by atoms with Gasteiger partial charge in [-0.1, -0.05) is 0 Å². The van der Waals surface area contributed by atoms with Gasteiger partial charge in [-0.15, -0.1) is 11.8 Å². The Hall–Kier alpha value is -2.22. The number of nitrogens with zero attached hydrogens (tertiary/aromatic N) is 1. The molecule has 2 amide bonds. The van der Waals surface area contributed by atoms with E-state index in [4.69, 9.17) is 16.0 Å². The van der Waals surface area contributed by atoms with Crippen LogP contribution in [0.5, 0.6) is 0 Å². The smallest absolute Gasteiger partial charge is 0.243 e. The molecular weight excluding hydrogens is 260 g/mol. The minimum atomic E-state index is -0.552. The second kappa shape index (κ2) is 21.1. The first kappa shape index (κ1) is 22.0. The van der Waals surface area contributed by atoms with Crippen LogP contribution in [0.3, 0.4) is 0 Å². The van der Waals surface area contributed by atoms with Gasteiger partial charge in [0, 0.05) is 24.9 Å². The Kier molecular flexibility index (Phi) is 24.4. The van der Waals surface area contributed by atoms with Crippen molar-refractivity contribution in [1.82, 2.24) is 10.8 Å². The zero-order valence-corrected chi connectivity index (χ0v) is 10.9. The molecule has 10 nitrogen and oxygen atoms in total. The average molecular weight is 278 g/mol. The first-order chi connectivity index (χ1) is 9.03. The van der Waals surface area contributed by atoms with Crippen molar-refractivity contribution in [3.8, 4) is 11.8 Å². The van der Waals surface area contributed by atoms with Gasteiger partial charge in [-0.3, -0.25) is 14.8 Å². The molecule has 0 fully saturated rings. The molecule has 0 saturated carbocycles. The highest BCUT2D eigenvalue weighted by Crippen LogP contribution is 1.86. The first-order valence-electron chi connectivity index (χ1n) is 4.84. The van der Waals surface area contributed by atoms with Gasteiger partial charge in [0.1, 0.15) is 0 Å². The molecule has 0 aromatic heterocycles. The van der Waals surface area contributed by atoms with Crippen molar-refractivity contribution in [2.24, 2.45) is 5.28 Å². The topological polar surface area (TPSA) is 153 Å². The Labute approximate surface area is 110 Å². The summed E-state index contributed by atoms with van der Waals surface area (Å²) in [5.74, 6) is 4.59. The molecule has 0 spiro atoms. The van der Waals surface area contributed by atoms with Crippen LogP contribution in [-0.2, 0) is 19.6 Å². The van der Waals surface area contributed by atoms with E-state index < -0.39 is 5.91 Å². The fourth-order valence-corrected chi connectivity index (χ4v) is 0.425. The van der Waals surface area contributed by atoms with Crippen molar-refractivity contribution in [3.63, 3.8) is 0 Å². The van der Waals surface area contributed by atoms with E-state index in [2.05, 4.69) is 32.5 Å². The van der Waals surface area contributed by atoms with Crippen molar-refractivity contribution >= 4 is 11.8 Å². The molecule has 0 radical (unpaired) electrons. The van der Waals surface area contributed by atoms with Crippen LogP contribution in [-0.4, -0.2) is 29.3 Å². The Morgan fingerprint density at radius 2 is 1.74 bits per heavy atom. The van der Waals surface area contributed by atoms with E-state index in [0.717, 1.165) is 0 Å². The van der Waals surface area contributed by atoms with E-state index in [-0.39, 0.29) is 18.7 Å². The first-order valence-corrected chi connectivity index (χ1v) is 4.84. The summed E-state index contributed by atoms with van der Waals surface area (Å²) in [4.78, 5) is 23.9. The van der Waals surface area contributed by atoms with Gasteiger partial charge in [-0.2, -0.15) is 10.5 Å². The van der Waals surface area contributed by atoms with Crippen LogP contribution in [0, 0.1) is 17.4 Å². The summed E-state index contributed by atoms with van der Waals surface area (Å²) in [7, 11) is 1.49. The lowest BCUT2D eigenvalue weighted by Crippen LogP contribution is -2.23. The Balaban J connectivity index is -0.000000238. The standard InChI is InChI=1S/C5H10N2O3.C4H6.H2N2O3/c1-6-4(8)2-3-5(9)7-10;1-3-4-2;1-2-4-5-3/h10H,2-3H2,1H3,(H,6,8)(H,7,9);1-2H3;1,3H. The lowest BCUT2D eigenvalue weighted by atomic mass is 10.3. The Morgan fingerprint density at radius 1 is 1.26 bits per heavy atom. The molecule has 0 aliphatic carbocycles. The van der Waals surface area contributed by atoms with E-state index in [9.17, 15) is 9.59 Å². The molecule has 19 heavy (non-hydrogen) atoms. The molecule has 0 aliphatic rings. The van der Waals surface area contributed by atoms with Gasteiger partial charge < -0.3 is 5.32 Å². The van der Waals surface area contributed by atoms with Gasteiger partial charge in [-0.25, -0.2) is 10.7 Å². The van der Waals surface area contributed by atoms with Gasteiger partial charge in [-0.05, 0) is 13.8 Å². The number of nitrogens with one attached hydrogen (secondary N) is 3. The van der Waals surface area contributed by atoms with Crippen LogP contribution in [0.2, 0.25) is 0 Å². The van der Waals surface area contributed by atoms with E-state index in [1.165, 1.54) is 12.5 Å². The van der Waals surface area contributed by atoms with E-state index in [1.54, 1.807) is 0 Å². The molecule has 10 heteroatoms. The number of amides is 2. The van der Waals surface area contributed by atoms with Crippen molar-refractivity contribution < 1.29 is 30.1 Å². The molecule has 0 aromatic carbocycles. The molecule has 0 heterocycles. The fraction of sp³-hybridized carbons (Fsp3) is 0.556. The molecule has 0 bridgehead atoms. The van der Waals surface area contributed by atoms with Gasteiger partial charge in [0.25, 0.3) is 0 Å². The summed E-state index contributed by atoms with van der Waals surface area (Å²) < 4.78 is 0. The fourth-order valence-electron chi connectivity index (χ4n) is 0.425. The molecule has 0 saturated heterocycles. The summed E-state index contributed by atoms with van der Waals surface area (Å²) in [5.41, 5.74) is 7.15. The number of carbonyl (C=O) groups excluding carboxylic acids is 2. The molecule has 0 rings (SSSR count). The third kappa shape index (κ3) is 31.3. The zero-order valence-electron chi connectivity index (χ0n) is 10.9. The van der Waals surface area contributed by atoms with Crippen molar-refractivity contribution in [2.45, 2.75) is 26.7 Å². The monoisotopic (exact) mass is 278 g/mol. The van der Waals surface area contributed by atoms with Crippen LogP contribution in [0.15, 0.2) is 5.28 Å². The minimum absolute atomic E-state index is 0.0101. The largest absolute Gasteiger partial charge is 0.359 e. The highest BCUT2D eigenvalue weighted by atomic mass is 17.5. The Morgan fingerprint density at radius 3 is 1.95 bits per heavy atom. The summed E-state index contributed by atoms with van der Waals surface area (Å²) in [6.07, 6.45) is 0.110. The second-order valence-electron chi connectivity index (χ2n) is 2.45. The normalized spacial score (nSPS) is 7.00. The number of hydroxylamine groups is 1. The molecule has 0 unspecified atom stereocenters. The van der Waals surface area contributed by atoms with Crippen molar-refractivity contribution in [3.05, 3.63) is 0 Å². The number of hydrogen-bond acceptors (Lipinski definition) is 8. The van der Waals surface area contributed by atoms with E-state index in [0.29, 0.717) is 0 Å². The lowest BCUT2D eigenvalue weighted by Gasteiger charge is -1.96. The summed E-state index contributed by atoms with van der Waals surface area (Å²) >= 11 is 0. The quantitative estimate of drug-likeness (QED) is 0.161. The SMILES string of the molecule is CC#CC.CNC(=O)CCC(=O)NO.N=NOOO. The van der Waals surface area contributed by atoms with Gasteiger partial charge in [0.15, 0.2) is 0 Å². The number of carbonyl (C=O) groups is 2. The van der Waals surface area contributed by atoms with Gasteiger partial charge in [0.05, 0.1) is 5.28 Å². The van der Waals surface area contributed by atoms with Crippen LogP contribution >= 0.6 is 0 Å². The molecule has 5 N–H and O–H groups in total. The highest BCUT2D eigenvalue weighted by molar-refractivity contribution is 5.82. The lowest BCUT2D eigenvalue weighted by molar-refractivity contribution is -0.496. The maximum absolute atomic E-state index is 10.5. The van der Waals surface area contributed by atoms with Gasteiger partial charge >= 0.3 is 0 Å². The molecule has 0 aliphatic heterocycles. The van der Waals surface area contributed by atoms with E-state index in [1.807, 2.05) is 13.8 Å². The predicted molar refractivity (Wildman–Crippen MR) is 62.3 cm³/mol. The van der Waals surface area contributed by atoms with Crippen molar-refractivity contribution in [1.29, 1.82) is 5.53 Å². The summed E-state index contributed by atoms with van der Waals surface area (Å²) in [6, 6.07) is 0. The van der Waals surface area contributed by atoms with Crippen LogP contribution in [0.1, 0.15) is 26.7 Å². The van der Waals surface area contributed by atoms with Gasteiger partial charge in [0.2, 0.25) is 11.8 Å².